The normalized spacial score (nSPS) is 11.4. The highest BCUT2D eigenvalue weighted by molar-refractivity contribution is 8.13. The molecule has 9 heavy (non-hydrogen) atoms. The number of amidine groups is 1. The first kappa shape index (κ1) is 8.56. The zero-order chi connectivity index (χ0) is 7.11. The van der Waals surface area contributed by atoms with Crippen molar-refractivity contribution in [3.05, 3.63) is 12.7 Å². The van der Waals surface area contributed by atoms with Crippen LogP contribution < -0.4 is 5.73 Å². The van der Waals surface area contributed by atoms with Crippen molar-refractivity contribution in [2.75, 3.05) is 12.8 Å². The van der Waals surface area contributed by atoms with E-state index >= 15 is 0 Å². The number of hydrogen-bond acceptors (Lipinski definition) is 2. The van der Waals surface area contributed by atoms with E-state index in [2.05, 4.69) is 11.6 Å². The van der Waals surface area contributed by atoms with E-state index in [9.17, 15) is 0 Å². The molecule has 0 unspecified atom stereocenters. The maximum absolute atomic E-state index is 5.39. The molecule has 0 saturated carbocycles. The van der Waals surface area contributed by atoms with E-state index in [0.717, 1.165) is 13.0 Å². The molecule has 0 aliphatic heterocycles. The predicted octanol–water partition coefficient (Wildman–Crippen LogP) is 1.24. The summed E-state index contributed by atoms with van der Waals surface area (Å²) >= 11 is 1.47. The molecule has 0 rings (SSSR count). The minimum absolute atomic E-state index is 0.650. The van der Waals surface area contributed by atoms with E-state index in [1.807, 2.05) is 12.3 Å². The van der Waals surface area contributed by atoms with Gasteiger partial charge in [0.1, 0.15) is 0 Å². The monoisotopic (exact) mass is 144 g/mol. The first-order valence-corrected chi connectivity index (χ1v) is 3.98. The summed E-state index contributed by atoms with van der Waals surface area (Å²) in [5.41, 5.74) is 5.39. The molecule has 0 amide bonds. The van der Waals surface area contributed by atoms with E-state index in [1.165, 1.54) is 11.8 Å². The minimum atomic E-state index is 0.650. The molecule has 0 fully saturated rings. The molecule has 0 atom stereocenters. The lowest BCUT2D eigenvalue weighted by molar-refractivity contribution is 1.01. The van der Waals surface area contributed by atoms with E-state index < -0.39 is 0 Å². The van der Waals surface area contributed by atoms with Gasteiger partial charge in [-0.1, -0.05) is 17.8 Å². The van der Waals surface area contributed by atoms with Crippen LogP contribution in [0.3, 0.4) is 0 Å². The summed E-state index contributed by atoms with van der Waals surface area (Å²) in [6.45, 7) is 4.33. The predicted molar refractivity (Wildman–Crippen MR) is 44.8 cm³/mol. The highest BCUT2D eigenvalue weighted by atomic mass is 32.2. The quantitative estimate of drug-likeness (QED) is 0.280. The Hall–Kier alpha value is -0.440. The molecule has 0 heterocycles. The van der Waals surface area contributed by atoms with Crippen LogP contribution >= 0.6 is 11.8 Å². The third-order valence-corrected chi connectivity index (χ3v) is 1.36. The van der Waals surface area contributed by atoms with E-state index in [1.54, 1.807) is 0 Å². The molecule has 0 aromatic rings. The summed E-state index contributed by atoms with van der Waals surface area (Å²) in [5.74, 6) is 0. The van der Waals surface area contributed by atoms with Gasteiger partial charge >= 0.3 is 0 Å². The van der Waals surface area contributed by atoms with Crippen LogP contribution in [0.1, 0.15) is 6.42 Å². The highest BCUT2D eigenvalue weighted by Crippen LogP contribution is 1.91. The molecule has 0 aromatic carbocycles. The van der Waals surface area contributed by atoms with Crippen molar-refractivity contribution in [2.24, 2.45) is 10.7 Å². The van der Waals surface area contributed by atoms with Crippen molar-refractivity contribution in [3.8, 4) is 0 Å². The third-order valence-electron chi connectivity index (χ3n) is 0.810. The lowest BCUT2D eigenvalue weighted by Gasteiger charge is -1.91. The first-order valence-electron chi connectivity index (χ1n) is 2.76. The van der Waals surface area contributed by atoms with Gasteiger partial charge in [0.25, 0.3) is 0 Å². The largest absolute Gasteiger partial charge is 0.379 e. The van der Waals surface area contributed by atoms with Gasteiger partial charge in [-0.3, -0.25) is 4.99 Å². The number of nitrogens with zero attached hydrogens (tertiary/aromatic N) is 1. The summed E-state index contributed by atoms with van der Waals surface area (Å²) in [5, 5.41) is 0.650. The molecule has 0 radical (unpaired) electrons. The molecule has 0 aliphatic rings. The number of hydrogen-bond donors (Lipinski definition) is 1. The van der Waals surface area contributed by atoms with Gasteiger partial charge in [0.2, 0.25) is 0 Å². The van der Waals surface area contributed by atoms with Crippen LogP contribution in [-0.4, -0.2) is 18.0 Å². The maximum Gasteiger partial charge on any atom is 0.153 e. The number of rotatable bonds is 3. The lowest BCUT2D eigenvalue weighted by Crippen LogP contribution is -2.05. The summed E-state index contributed by atoms with van der Waals surface area (Å²) < 4.78 is 0. The summed E-state index contributed by atoms with van der Waals surface area (Å²) in [4.78, 5) is 4.02. The number of aliphatic imine (C=N–C) groups is 1. The van der Waals surface area contributed by atoms with Crippen LogP contribution in [-0.2, 0) is 0 Å². The summed E-state index contributed by atoms with van der Waals surface area (Å²) in [7, 11) is 0. The average molecular weight is 144 g/mol. The second-order valence-electron chi connectivity index (χ2n) is 1.50. The maximum atomic E-state index is 5.39. The standard InChI is InChI=1S/C6H12N2S/c1-3-4-5-8-6(7)9-2/h3H,1,4-5H2,2H3,(H2,7,8). The van der Waals surface area contributed by atoms with Gasteiger partial charge in [0, 0.05) is 6.54 Å². The van der Waals surface area contributed by atoms with Gasteiger partial charge in [0.05, 0.1) is 0 Å². The fourth-order valence-electron chi connectivity index (χ4n) is 0.331. The molecule has 52 valence electrons. The van der Waals surface area contributed by atoms with Crippen molar-refractivity contribution < 1.29 is 0 Å². The van der Waals surface area contributed by atoms with Crippen molar-refractivity contribution in [3.63, 3.8) is 0 Å². The Morgan fingerprint density at radius 3 is 3.00 bits per heavy atom. The van der Waals surface area contributed by atoms with Crippen LogP contribution in [0.4, 0.5) is 0 Å². The highest BCUT2D eigenvalue weighted by Gasteiger charge is 1.82. The molecular weight excluding hydrogens is 132 g/mol. The van der Waals surface area contributed by atoms with Crippen LogP contribution in [0.25, 0.3) is 0 Å². The van der Waals surface area contributed by atoms with Crippen molar-refractivity contribution >= 4 is 16.9 Å². The molecule has 0 aliphatic carbocycles. The van der Waals surface area contributed by atoms with Crippen molar-refractivity contribution in [2.45, 2.75) is 6.42 Å². The van der Waals surface area contributed by atoms with E-state index in [-0.39, 0.29) is 0 Å². The Labute approximate surface area is 60.2 Å². The van der Waals surface area contributed by atoms with Crippen LogP contribution in [0.5, 0.6) is 0 Å². The minimum Gasteiger partial charge on any atom is -0.379 e. The smallest absolute Gasteiger partial charge is 0.153 e. The van der Waals surface area contributed by atoms with Crippen LogP contribution in [0, 0.1) is 0 Å². The topological polar surface area (TPSA) is 38.4 Å². The molecule has 3 heteroatoms. The van der Waals surface area contributed by atoms with Gasteiger partial charge in [0.15, 0.2) is 5.17 Å². The average Bonchev–Trinajstić information content (AvgIpc) is 1.89. The Morgan fingerprint density at radius 1 is 1.89 bits per heavy atom. The van der Waals surface area contributed by atoms with E-state index in [4.69, 9.17) is 5.73 Å². The Balaban J connectivity index is 3.31. The van der Waals surface area contributed by atoms with Gasteiger partial charge in [-0.05, 0) is 12.7 Å². The second-order valence-corrected chi connectivity index (χ2v) is 2.33. The van der Waals surface area contributed by atoms with Crippen LogP contribution in [0.2, 0.25) is 0 Å². The molecule has 0 aromatic heterocycles. The Bertz CT molecular complexity index is 110. The lowest BCUT2D eigenvalue weighted by atomic mass is 10.4. The van der Waals surface area contributed by atoms with Crippen molar-refractivity contribution in [1.29, 1.82) is 0 Å². The second kappa shape index (κ2) is 5.69. The fourth-order valence-corrected chi connectivity index (χ4v) is 0.551. The molecule has 0 bridgehead atoms. The zero-order valence-corrected chi connectivity index (χ0v) is 6.45. The SMILES string of the molecule is C=CCCN=C(N)SC. The Kier molecular flexibility index (Phi) is 5.41. The number of thioether (sulfide) groups is 1. The van der Waals surface area contributed by atoms with Gasteiger partial charge < -0.3 is 5.73 Å². The van der Waals surface area contributed by atoms with Gasteiger partial charge in [-0.2, -0.15) is 0 Å². The zero-order valence-electron chi connectivity index (χ0n) is 5.63. The van der Waals surface area contributed by atoms with Gasteiger partial charge in [-0.15, -0.1) is 6.58 Å². The van der Waals surface area contributed by atoms with Crippen molar-refractivity contribution in [1.82, 2.24) is 0 Å². The molecule has 0 spiro atoms. The molecular formula is C6H12N2S. The Morgan fingerprint density at radius 2 is 2.56 bits per heavy atom. The molecule has 2 nitrogen and oxygen atoms in total. The molecule has 0 saturated heterocycles. The number of nitrogens with two attached hydrogens (primary N) is 1. The van der Waals surface area contributed by atoms with E-state index in [0.29, 0.717) is 5.17 Å². The fraction of sp³-hybridized carbons (Fsp3) is 0.500. The first-order chi connectivity index (χ1) is 4.31. The third kappa shape index (κ3) is 5.43. The molecule has 2 N–H and O–H groups in total. The van der Waals surface area contributed by atoms with Gasteiger partial charge in [-0.25, -0.2) is 0 Å². The van der Waals surface area contributed by atoms with Crippen LogP contribution in [0.15, 0.2) is 17.6 Å². The summed E-state index contributed by atoms with van der Waals surface area (Å²) in [6, 6.07) is 0. The summed E-state index contributed by atoms with van der Waals surface area (Å²) in [6.07, 6.45) is 4.64.